The molecule has 0 saturated heterocycles. The summed E-state index contributed by atoms with van der Waals surface area (Å²) in [4.78, 5) is 4.19. The first kappa shape index (κ1) is 15.3. The van der Waals surface area contributed by atoms with E-state index in [1.165, 1.54) is 0 Å². The summed E-state index contributed by atoms with van der Waals surface area (Å²) in [5.41, 5.74) is 1.77. The first-order chi connectivity index (χ1) is 8.13. The van der Waals surface area contributed by atoms with E-state index in [4.69, 9.17) is 4.43 Å². The van der Waals surface area contributed by atoms with Crippen molar-refractivity contribution < 1.29 is 9.53 Å². The summed E-state index contributed by atoms with van der Waals surface area (Å²) < 4.78 is 6.00. The molecule has 0 aliphatic heterocycles. The lowest BCUT2D eigenvalue weighted by molar-refractivity contribution is 0.100. The molecule has 4 heteroatoms. The fraction of sp³-hybridized carbons (Fsp3) is 0.643. The van der Waals surface area contributed by atoms with Gasteiger partial charge >= 0.3 is 0 Å². The number of aliphatic hydroxyl groups is 1. The van der Waals surface area contributed by atoms with Crippen LogP contribution in [0.25, 0.3) is 0 Å². The van der Waals surface area contributed by atoms with Crippen LogP contribution in [0.5, 0.6) is 0 Å². The van der Waals surface area contributed by atoms with Crippen molar-refractivity contribution in [3.05, 3.63) is 29.6 Å². The van der Waals surface area contributed by atoms with Gasteiger partial charge in [0.05, 0.1) is 6.61 Å². The van der Waals surface area contributed by atoms with E-state index in [-0.39, 0.29) is 5.04 Å². The molecule has 1 aromatic heterocycles. The standard InChI is InChI=1S/C14H25NO2Si/c1-11-7-8-12(9-15-11)13(16)10-17-18(5,6)14(2,3)4/h7-9,13,16H,10H2,1-6H3/t13-/m0/s1. The molecule has 102 valence electrons. The van der Waals surface area contributed by atoms with E-state index in [9.17, 15) is 5.11 Å². The molecule has 0 saturated carbocycles. The van der Waals surface area contributed by atoms with E-state index < -0.39 is 14.4 Å². The summed E-state index contributed by atoms with van der Waals surface area (Å²) >= 11 is 0. The fourth-order valence-electron chi connectivity index (χ4n) is 1.28. The molecule has 1 atom stereocenters. The minimum atomic E-state index is -1.79. The smallest absolute Gasteiger partial charge is 0.192 e. The molecule has 0 aromatic carbocycles. The molecular formula is C14H25NO2Si. The number of aromatic nitrogens is 1. The van der Waals surface area contributed by atoms with Crippen molar-refractivity contribution in [3.8, 4) is 0 Å². The molecule has 1 heterocycles. The molecule has 1 N–H and O–H groups in total. The highest BCUT2D eigenvalue weighted by atomic mass is 28.4. The minimum absolute atomic E-state index is 0.165. The van der Waals surface area contributed by atoms with Gasteiger partial charge < -0.3 is 9.53 Å². The Morgan fingerprint density at radius 2 is 1.94 bits per heavy atom. The van der Waals surface area contributed by atoms with Crippen molar-refractivity contribution in [1.82, 2.24) is 4.98 Å². The van der Waals surface area contributed by atoms with Gasteiger partial charge in [-0.15, -0.1) is 0 Å². The Morgan fingerprint density at radius 1 is 1.33 bits per heavy atom. The molecule has 18 heavy (non-hydrogen) atoms. The SMILES string of the molecule is Cc1ccc([C@@H](O)CO[Si](C)(C)C(C)(C)C)cn1. The maximum Gasteiger partial charge on any atom is 0.192 e. The number of pyridine rings is 1. The van der Waals surface area contributed by atoms with Crippen LogP contribution >= 0.6 is 0 Å². The number of nitrogens with zero attached hydrogens (tertiary/aromatic N) is 1. The first-order valence-electron chi connectivity index (χ1n) is 6.38. The Bertz CT molecular complexity index is 382. The van der Waals surface area contributed by atoms with E-state index in [1.54, 1.807) is 6.20 Å². The highest BCUT2D eigenvalue weighted by Crippen LogP contribution is 2.37. The van der Waals surface area contributed by atoms with Gasteiger partial charge in [-0.2, -0.15) is 0 Å². The monoisotopic (exact) mass is 267 g/mol. The summed E-state index contributed by atoms with van der Waals surface area (Å²) in [6.45, 7) is 13.2. The summed E-state index contributed by atoms with van der Waals surface area (Å²) in [6.07, 6.45) is 1.13. The number of hydrogen-bond acceptors (Lipinski definition) is 3. The maximum atomic E-state index is 10.1. The van der Waals surface area contributed by atoms with Crippen molar-refractivity contribution >= 4 is 8.32 Å². The van der Waals surface area contributed by atoms with Gasteiger partial charge in [-0.25, -0.2) is 0 Å². The third-order valence-electron chi connectivity index (χ3n) is 3.73. The Balaban J connectivity index is 2.61. The Labute approximate surface area is 111 Å². The second-order valence-electron chi connectivity index (χ2n) is 6.32. The highest BCUT2D eigenvalue weighted by molar-refractivity contribution is 6.74. The molecule has 0 amide bonds. The van der Waals surface area contributed by atoms with Crippen LogP contribution in [0, 0.1) is 6.92 Å². The molecule has 0 unspecified atom stereocenters. The largest absolute Gasteiger partial charge is 0.414 e. The van der Waals surface area contributed by atoms with Crippen LogP contribution in [-0.4, -0.2) is 25.0 Å². The van der Waals surface area contributed by atoms with Gasteiger partial charge in [0, 0.05) is 17.5 Å². The average molecular weight is 267 g/mol. The van der Waals surface area contributed by atoms with Crippen molar-refractivity contribution in [3.63, 3.8) is 0 Å². The van der Waals surface area contributed by atoms with Gasteiger partial charge in [-0.05, 0) is 31.1 Å². The van der Waals surface area contributed by atoms with E-state index in [0.29, 0.717) is 6.61 Å². The zero-order valence-corrected chi connectivity index (χ0v) is 13.3. The van der Waals surface area contributed by atoms with Gasteiger partial charge in [-0.3, -0.25) is 4.98 Å². The lowest BCUT2D eigenvalue weighted by Gasteiger charge is -2.36. The molecule has 0 spiro atoms. The quantitative estimate of drug-likeness (QED) is 0.850. The molecule has 0 aliphatic carbocycles. The molecular weight excluding hydrogens is 242 g/mol. The van der Waals surface area contributed by atoms with Crippen LogP contribution in [0.4, 0.5) is 0 Å². The van der Waals surface area contributed by atoms with Crippen molar-refractivity contribution in [2.75, 3.05) is 6.61 Å². The minimum Gasteiger partial charge on any atom is -0.414 e. The van der Waals surface area contributed by atoms with Crippen molar-refractivity contribution in [2.24, 2.45) is 0 Å². The third kappa shape index (κ3) is 3.90. The molecule has 0 fully saturated rings. The summed E-state index contributed by atoms with van der Waals surface area (Å²) in [5.74, 6) is 0. The number of rotatable bonds is 4. The fourth-order valence-corrected chi connectivity index (χ4v) is 2.28. The normalized spacial score (nSPS) is 14.6. The zero-order valence-electron chi connectivity index (χ0n) is 12.3. The van der Waals surface area contributed by atoms with Crippen LogP contribution < -0.4 is 0 Å². The van der Waals surface area contributed by atoms with Crippen LogP contribution in [0.2, 0.25) is 18.1 Å². The molecule has 1 rings (SSSR count). The van der Waals surface area contributed by atoms with Gasteiger partial charge in [-0.1, -0.05) is 26.8 Å². The Morgan fingerprint density at radius 3 is 2.39 bits per heavy atom. The third-order valence-corrected chi connectivity index (χ3v) is 8.23. The lowest BCUT2D eigenvalue weighted by atomic mass is 10.2. The van der Waals surface area contributed by atoms with Crippen LogP contribution in [0.15, 0.2) is 18.3 Å². The van der Waals surface area contributed by atoms with Crippen molar-refractivity contribution in [1.29, 1.82) is 0 Å². The summed E-state index contributed by atoms with van der Waals surface area (Å²) in [5, 5.41) is 10.3. The molecule has 0 radical (unpaired) electrons. The van der Waals surface area contributed by atoms with Gasteiger partial charge in [0.25, 0.3) is 0 Å². The lowest BCUT2D eigenvalue weighted by Crippen LogP contribution is -2.41. The second kappa shape index (κ2) is 5.51. The van der Waals surface area contributed by atoms with Gasteiger partial charge in [0.2, 0.25) is 0 Å². The topological polar surface area (TPSA) is 42.4 Å². The summed E-state index contributed by atoms with van der Waals surface area (Å²) in [7, 11) is -1.79. The van der Waals surface area contributed by atoms with E-state index in [2.05, 4.69) is 38.8 Å². The van der Waals surface area contributed by atoms with Crippen molar-refractivity contribution in [2.45, 2.75) is 51.9 Å². The van der Waals surface area contributed by atoms with E-state index in [1.807, 2.05) is 19.1 Å². The van der Waals surface area contributed by atoms with E-state index >= 15 is 0 Å². The second-order valence-corrected chi connectivity index (χ2v) is 11.1. The maximum absolute atomic E-state index is 10.1. The van der Waals surface area contributed by atoms with Crippen LogP contribution in [-0.2, 0) is 4.43 Å². The number of hydrogen-bond donors (Lipinski definition) is 1. The van der Waals surface area contributed by atoms with Crippen LogP contribution in [0.3, 0.4) is 0 Å². The summed E-state index contributed by atoms with van der Waals surface area (Å²) in [6, 6.07) is 3.81. The molecule has 0 bridgehead atoms. The zero-order chi connectivity index (χ0) is 14.0. The van der Waals surface area contributed by atoms with E-state index in [0.717, 1.165) is 11.3 Å². The number of aryl methyl sites for hydroxylation is 1. The first-order valence-corrected chi connectivity index (χ1v) is 9.29. The number of aliphatic hydroxyl groups excluding tert-OH is 1. The Kier molecular flexibility index (Phi) is 4.70. The Hall–Kier alpha value is -0.713. The predicted molar refractivity (Wildman–Crippen MR) is 77.1 cm³/mol. The molecule has 3 nitrogen and oxygen atoms in total. The van der Waals surface area contributed by atoms with Gasteiger partial charge in [0.1, 0.15) is 6.10 Å². The van der Waals surface area contributed by atoms with Crippen LogP contribution in [0.1, 0.15) is 38.1 Å². The molecule has 1 aromatic rings. The van der Waals surface area contributed by atoms with Gasteiger partial charge in [0.15, 0.2) is 8.32 Å². The average Bonchev–Trinajstić information content (AvgIpc) is 2.25. The predicted octanol–water partition coefficient (Wildman–Crippen LogP) is 3.45. The highest BCUT2D eigenvalue weighted by Gasteiger charge is 2.37. The molecule has 0 aliphatic rings.